The monoisotopic (exact) mass is 232 g/mol. The predicted octanol–water partition coefficient (Wildman–Crippen LogP) is -0.146. The molecule has 94 valence electrons. The van der Waals surface area contributed by atoms with Crippen LogP contribution in [0.15, 0.2) is 0 Å². The first-order valence-electron chi connectivity index (χ1n) is 5.48. The topological polar surface area (TPSA) is 96.0 Å². The Morgan fingerprint density at radius 3 is 2.75 bits per heavy atom. The summed E-state index contributed by atoms with van der Waals surface area (Å²) in [6.07, 6.45) is 0.131. The van der Waals surface area contributed by atoms with Crippen LogP contribution in [-0.2, 0) is 4.74 Å². The zero-order valence-corrected chi connectivity index (χ0v) is 9.50. The number of carbonyl (C=O) groups is 1. The molecule has 1 aliphatic carbocycles. The fraction of sp³-hybridized carbons (Fsp3) is 0.900. The Morgan fingerprint density at radius 1 is 1.56 bits per heavy atom. The molecule has 0 saturated heterocycles. The van der Waals surface area contributed by atoms with E-state index in [1.165, 1.54) is 12.0 Å². The average molecular weight is 232 g/mol. The summed E-state index contributed by atoms with van der Waals surface area (Å²) in [5.74, 6) is 0. The van der Waals surface area contributed by atoms with Crippen molar-refractivity contribution in [2.75, 3.05) is 20.3 Å². The fourth-order valence-corrected chi connectivity index (χ4v) is 2.12. The number of nitrogens with zero attached hydrogens (tertiary/aromatic N) is 1. The Kier molecular flexibility index (Phi) is 4.98. The van der Waals surface area contributed by atoms with Gasteiger partial charge < -0.3 is 25.6 Å². The van der Waals surface area contributed by atoms with Gasteiger partial charge in [0, 0.05) is 19.7 Å². The van der Waals surface area contributed by atoms with Crippen LogP contribution in [0.4, 0.5) is 4.79 Å². The van der Waals surface area contributed by atoms with Crippen molar-refractivity contribution in [3.8, 4) is 0 Å². The standard InChI is InChI=1S/C10H20N2O4/c1-16-5-4-12(10(14)15)8-3-2-7(11)6-9(8)13/h7-9,13H,2-6,11H2,1H3,(H,14,15)/t7-,8-,9-/m0/s1. The molecule has 6 heteroatoms. The van der Waals surface area contributed by atoms with Gasteiger partial charge in [0.2, 0.25) is 0 Å². The van der Waals surface area contributed by atoms with Gasteiger partial charge in [0.25, 0.3) is 0 Å². The Morgan fingerprint density at radius 2 is 2.25 bits per heavy atom. The summed E-state index contributed by atoms with van der Waals surface area (Å²) in [7, 11) is 1.52. The molecule has 1 rings (SSSR count). The first kappa shape index (κ1) is 13.2. The van der Waals surface area contributed by atoms with Gasteiger partial charge in [-0.05, 0) is 19.3 Å². The van der Waals surface area contributed by atoms with Gasteiger partial charge >= 0.3 is 6.09 Å². The molecule has 6 nitrogen and oxygen atoms in total. The average Bonchev–Trinajstić information content (AvgIpc) is 2.20. The van der Waals surface area contributed by atoms with Gasteiger partial charge in [-0.1, -0.05) is 0 Å². The zero-order valence-electron chi connectivity index (χ0n) is 9.50. The minimum Gasteiger partial charge on any atom is -0.465 e. The van der Waals surface area contributed by atoms with Crippen LogP contribution in [-0.4, -0.2) is 59.7 Å². The third-order valence-corrected chi connectivity index (χ3v) is 3.00. The second kappa shape index (κ2) is 6.03. The molecule has 0 heterocycles. The largest absolute Gasteiger partial charge is 0.465 e. The highest BCUT2D eigenvalue weighted by atomic mass is 16.5. The number of rotatable bonds is 4. The van der Waals surface area contributed by atoms with Gasteiger partial charge in [0.1, 0.15) is 0 Å². The van der Waals surface area contributed by atoms with E-state index in [1.54, 1.807) is 0 Å². The van der Waals surface area contributed by atoms with E-state index in [0.717, 1.165) is 6.42 Å². The highest BCUT2D eigenvalue weighted by Gasteiger charge is 2.34. The second-order valence-corrected chi connectivity index (χ2v) is 4.18. The Bertz CT molecular complexity index is 237. The molecular weight excluding hydrogens is 212 g/mol. The SMILES string of the molecule is COCCN(C(=O)O)[C@H]1CC[C@H](N)C[C@@H]1O. The lowest BCUT2D eigenvalue weighted by Gasteiger charge is -2.37. The Labute approximate surface area is 95.0 Å². The van der Waals surface area contributed by atoms with Gasteiger partial charge in [-0.25, -0.2) is 4.79 Å². The molecule has 0 bridgehead atoms. The van der Waals surface area contributed by atoms with E-state index < -0.39 is 12.2 Å². The van der Waals surface area contributed by atoms with E-state index in [-0.39, 0.29) is 18.6 Å². The molecule has 1 fully saturated rings. The van der Waals surface area contributed by atoms with Crippen molar-refractivity contribution in [1.29, 1.82) is 0 Å². The van der Waals surface area contributed by atoms with Crippen LogP contribution in [0.3, 0.4) is 0 Å². The number of hydrogen-bond donors (Lipinski definition) is 3. The molecule has 4 N–H and O–H groups in total. The Balaban J connectivity index is 2.59. The number of nitrogens with two attached hydrogens (primary N) is 1. The number of aliphatic hydroxyl groups is 1. The molecule has 0 aromatic rings. The van der Waals surface area contributed by atoms with E-state index >= 15 is 0 Å². The summed E-state index contributed by atoms with van der Waals surface area (Å²) in [5, 5.41) is 18.9. The lowest BCUT2D eigenvalue weighted by molar-refractivity contribution is 0.00948. The van der Waals surface area contributed by atoms with Crippen molar-refractivity contribution >= 4 is 6.09 Å². The van der Waals surface area contributed by atoms with Crippen LogP contribution in [0, 0.1) is 0 Å². The maximum Gasteiger partial charge on any atom is 0.407 e. The third-order valence-electron chi connectivity index (χ3n) is 3.00. The summed E-state index contributed by atoms with van der Waals surface area (Å²) in [4.78, 5) is 12.3. The van der Waals surface area contributed by atoms with E-state index in [4.69, 9.17) is 15.6 Å². The van der Waals surface area contributed by atoms with Crippen LogP contribution < -0.4 is 5.73 Å². The normalized spacial score (nSPS) is 30.1. The first-order chi connectivity index (χ1) is 7.56. The number of carboxylic acid groups (broad SMARTS) is 1. The van der Waals surface area contributed by atoms with Gasteiger partial charge in [0.05, 0.1) is 18.8 Å². The van der Waals surface area contributed by atoms with Crippen molar-refractivity contribution in [2.24, 2.45) is 5.73 Å². The van der Waals surface area contributed by atoms with Crippen molar-refractivity contribution < 1.29 is 19.7 Å². The summed E-state index contributed by atoms with van der Waals surface area (Å²) in [5.41, 5.74) is 5.71. The smallest absolute Gasteiger partial charge is 0.407 e. The van der Waals surface area contributed by atoms with Crippen molar-refractivity contribution in [1.82, 2.24) is 4.90 Å². The Hall–Kier alpha value is -0.850. The van der Waals surface area contributed by atoms with Crippen LogP contribution >= 0.6 is 0 Å². The lowest BCUT2D eigenvalue weighted by atomic mass is 9.88. The lowest BCUT2D eigenvalue weighted by Crippen LogP contribution is -2.52. The van der Waals surface area contributed by atoms with Crippen LogP contribution in [0.1, 0.15) is 19.3 Å². The number of aliphatic hydroxyl groups excluding tert-OH is 1. The molecule has 0 spiro atoms. The fourth-order valence-electron chi connectivity index (χ4n) is 2.12. The van der Waals surface area contributed by atoms with Gasteiger partial charge in [-0.2, -0.15) is 0 Å². The van der Waals surface area contributed by atoms with Gasteiger partial charge in [-0.15, -0.1) is 0 Å². The first-order valence-corrected chi connectivity index (χ1v) is 5.48. The molecule has 0 aliphatic heterocycles. The molecular formula is C10H20N2O4. The zero-order chi connectivity index (χ0) is 12.1. The van der Waals surface area contributed by atoms with Crippen molar-refractivity contribution in [3.63, 3.8) is 0 Å². The summed E-state index contributed by atoms with van der Waals surface area (Å²) in [6.45, 7) is 0.615. The second-order valence-electron chi connectivity index (χ2n) is 4.18. The molecule has 0 unspecified atom stereocenters. The van der Waals surface area contributed by atoms with E-state index in [1.807, 2.05) is 0 Å². The van der Waals surface area contributed by atoms with E-state index in [2.05, 4.69) is 0 Å². The number of hydrogen-bond acceptors (Lipinski definition) is 4. The number of methoxy groups -OCH3 is 1. The molecule has 1 amide bonds. The molecule has 0 aromatic heterocycles. The maximum absolute atomic E-state index is 11.1. The quantitative estimate of drug-likeness (QED) is 0.626. The molecule has 16 heavy (non-hydrogen) atoms. The minimum atomic E-state index is -1.02. The maximum atomic E-state index is 11.1. The highest BCUT2D eigenvalue weighted by Crippen LogP contribution is 2.22. The minimum absolute atomic E-state index is 0.0238. The van der Waals surface area contributed by atoms with Crippen LogP contribution in [0.5, 0.6) is 0 Å². The number of ether oxygens (including phenoxy) is 1. The van der Waals surface area contributed by atoms with E-state index in [9.17, 15) is 9.90 Å². The summed E-state index contributed by atoms with van der Waals surface area (Å²) < 4.78 is 4.86. The van der Waals surface area contributed by atoms with Crippen LogP contribution in [0.2, 0.25) is 0 Å². The van der Waals surface area contributed by atoms with Gasteiger partial charge in [0.15, 0.2) is 0 Å². The number of amides is 1. The molecule has 0 aromatic carbocycles. The third kappa shape index (κ3) is 3.33. The predicted molar refractivity (Wildman–Crippen MR) is 58.2 cm³/mol. The van der Waals surface area contributed by atoms with Crippen molar-refractivity contribution in [3.05, 3.63) is 0 Å². The summed E-state index contributed by atoms with van der Waals surface area (Å²) in [6, 6.07) is -0.378. The van der Waals surface area contributed by atoms with Crippen molar-refractivity contribution in [2.45, 2.75) is 37.5 Å². The molecule has 1 saturated carbocycles. The molecule has 1 aliphatic rings. The highest BCUT2D eigenvalue weighted by molar-refractivity contribution is 5.65. The molecule has 3 atom stereocenters. The molecule has 0 radical (unpaired) electrons. The van der Waals surface area contributed by atoms with Gasteiger partial charge in [-0.3, -0.25) is 0 Å². The summed E-state index contributed by atoms with van der Waals surface area (Å²) >= 11 is 0. The van der Waals surface area contributed by atoms with E-state index in [0.29, 0.717) is 19.4 Å². The van der Waals surface area contributed by atoms with Crippen LogP contribution in [0.25, 0.3) is 0 Å².